The maximum atomic E-state index is 12.9. The second kappa shape index (κ2) is 6.80. The summed E-state index contributed by atoms with van der Waals surface area (Å²) in [5, 5.41) is 15.6. The average molecular weight is 402 g/mol. The summed E-state index contributed by atoms with van der Waals surface area (Å²) in [5.74, 6) is -1.01. The topological polar surface area (TPSA) is 131 Å². The van der Waals surface area contributed by atoms with Crippen LogP contribution in [-0.2, 0) is 20.7 Å². The maximum Gasteiger partial charge on any atom is 0.328 e. The molecule has 0 radical (unpaired) electrons. The van der Waals surface area contributed by atoms with Gasteiger partial charge in [0.25, 0.3) is 5.69 Å². The number of anilines is 1. The van der Waals surface area contributed by atoms with Crippen molar-refractivity contribution in [1.29, 1.82) is 0 Å². The van der Waals surface area contributed by atoms with E-state index in [2.05, 4.69) is 24.5 Å². The maximum absolute atomic E-state index is 12.9. The zero-order valence-corrected chi connectivity index (χ0v) is 16.1. The number of benzene rings is 1. The number of hydrogen-bond acceptors (Lipinski definition) is 7. The molecule has 1 aromatic carbocycles. The highest BCUT2D eigenvalue weighted by atomic mass is 16.6. The van der Waals surface area contributed by atoms with Crippen LogP contribution in [0, 0.1) is 21.4 Å². The Morgan fingerprint density at radius 1 is 1.28 bits per heavy atom. The Morgan fingerprint density at radius 3 is 2.59 bits per heavy atom. The largest absolute Gasteiger partial charge is 0.374 e. The third-order valence-electron chi connectivity index (χ3n) is 5.89. The number of morpholine rings is 1. The molecule has 2 N–H and O–H groups in total. The van der Waals surface area contributed by atoms with Gasteiger partial charge in [0.2, 0.25) is 11.8 Å². The van der Waals surface area contributed by atoms with Crippen LogP contribution in [-0.4, -0.2) is 48.1 Å². The predicted octanol–water partition coefficient (Wildman–Crippen LogP) is 1.12. The number of fused-ring (bicyclic) bond motifs is 4. The van der Waals surface area contributed by atoms with E-state index in [1.165, 1.54) is 12.1 Å². The summed E-state index contributed by atoms with van der Waals surface area (Å²) in [6, 6.07) is 3.00. The van der Waals surface area contributed by atoms with Gasteiger partial charge in [0, 0.05) is 30.8 Å². The fourth-order valence-electron chi connectivity index (χ4n) is 4.61. The van der Waals surface area contributed by atoms with Gasteiger partial charge < -0.3 is 9.64 Å². The number of carbonyl (C=O) groups is 3. The molecule has 2 atom stereocenters. The van der Waals surface area contributed by atoms with E-state index in [1.807, 2.05) is 4.90 Å². The van der Waals surface area contributed by atoms with Crippen molar-refractivity contribution in [1.82, 2.24) is 10.6 Å². The molecule has 1 aromatic rings. The fourth-order valence-corrected chi connectivity index (χ4v) is 4.61. The number of nitrogens with one attached hydrogen (secondary N) is 2. The molecule has 3 heterocycles. The molecule has 3 aliphatic heterocycles. The van der Waals surface area contributed by atoms with Gasteiger partial charge in [0.1, 0.15) is 0 Å². The molecule has 2 saturated heterocycles. The van der Waals surface area contributed by atoms with Gasteiger partial charge in [0.05, 0.1) is 23.7 Å². The van der Waals surface area contributed by atoms with Crippen molar-refractivity contribution in [2.75, 3.05) is 18.1 Å². The molecular weight excluding hydrogens is 380 g/mol. The lowest BCUT2D eigenvalue weighted by Crippen LogP contribution is -2.73. The lowest BCUT2D eigenvalue weighted by Gasteiger charge is -2.53. The zero-order valence-electron chi connectivity index (χ0n) is 16.1. The summed E-state index contributed by atoms with van der Waals surface area (Å²) in [7, 11) is 0. The highest BCUT2D eigenvalue weighted by molar-refractivity contribution is 6.20. The van der Waals surface area contributed by atoms with Crippen LogP contribution in [0.5, 0.6) is 0 Å². The molecule has 10 heteroatoms. The summed E-state index contributed by atoms with van der Waals surface area (Å²) in [6.45, 7) is 4.75. The van der Waals surface area contributed by atoms with Crippen LogP contribution in [0.4, 0.5) is 16.2 Å². The number of hydrogen-bond donors (Lipinski definition) is 2. The summed E-state index contributed by atoms with van der Waals surface area (Å²) < 4.78 is 5.99. The molecule has 29 heavy (non-hydrogen) atoms. The minimum absolute atomic E-state index is 0.0473. The number of nitro groups is 1. The van der Waals surface area contributed by atoms with Gasteiger partial charge in [-0.2, -0.15) is 0 Å². The normalized spacial score (nSPS) is 25.3. The number of rotatable bonds is 3. The molecule has 4 rings (SSSR count). The van der Waals surface area contributed by atoms with E-state index in [4.69, 9.17) is 4.74 Å². The average Bonchev–Trinajstić information content (AvgIpc) is 2.64. The van der Waals surface area contributed by atoms with Gasteiger partial charge >= 0.3 is 6.03 Å². The Kier molecular flexibility index (Phi) is 4.53. The fraction of sp³-hybridized carbons (Fsp3) is 0.526. The number of amides is 4. The number of imide groups is 2. The summed E-state index contributed by atoms with van der Waals surface area (Å²) >= 11 is 0. The van der Waals surface area contributed by atoms with E-state index < -0.39 is 34.2 Å². The Morgan fingerprint density at radius 2 is 1.97 bits per heavy atom. The Labute approximate surface area is 166 Å². The number of urea groups is 1. The van der Waals surface area contributed by atoms with Crippen molar-refractivity contribution in [2.24, 2.45) is 11.3 Å². The molecule has 0 unspecified atom stereocenters. The van der Waals surface area contributed by atoms with Crippen molar-refractivity contribution in [3.63, 3.8) is 0 Å². The lowest BCUT2D eigenvalue weighted by atomic mass is 9.68. The van der Waals surface area contributed by atoms with Crippen LogP contribution in [0.25, 0.3) is 0 Å². The van der Waals surface area contributed by atoms with Crippen LogP contribution in [0.1, 0.15) is 25.8 Å². The first-order valence-electron chi connectivity index (χ1n) is 9.55. The van der Waals surface area contributed by atoms with Gasteiger partial charge in [-0.1, -0.05) is 13.8 Å². The van der Waals surface area contributed by atoms with E-state index in [9.17, 15) is 24.5 Å². The smallest absolute Gasteiger partial charge is 0.328 e. The first-order valence-corrected chi connectivity index (χ1v) is 9.55. The van der Waals surface area contributed by atoms with Crippen LogP contribution in [0.3, 0.4) is 0 Å². The monoisotopic (exact) mass is 402 g/mol. The molecule has 4 amide bonds. The number of carbonyl (C=O) groups excluding carboxylic acids is 3. The standard InChI is InChI=1S/C19H22N4O6/c1-10(2)5-13-8-22-14-4-3-12(23(27)28)6-11(14)7-19(15(22)9-29-13)16(24)20-18(26)21-17(19)25/h3-4,6,10,13,15H,5,7-9H2,1-2H3,(H2,20,21,24,25,26)/t13-,15-/m0/s1. The van der Waals surface area contributed by atoms with Crippen molar-refractivity contribution in [2.45, 2.75) is 38.8 Å². The number of barbiturate groups is 1. The third kappa shape index (κ3) is 3.03. The van der Waals surface area contributed by atoms with E-state index in [1.54, 1.807) is 6.07 Å². The highest BCUT2D eigenvalue weighted by Gasteiger charge is 2.61. The van der Waals surface area contributed by atoms with E-state index in [0.29, 0.717) is 18.0 Å². The van der Waals surface area contributed by atoms with Crippen LogP contribution < -0.4 is 15.5 Å². The van der Waals surface area contributed by atoms with Crippen LogP contribution in [0.15, 0.2) is 18.2 Å². The van der Waals surface area contributed by atoms with Gasteiger partial charge in [-0.3, -0.25) is 30.3 Å². The Hall–Kier alpha value is -3.01. The Bertz CT molecular complexity index is 894. The van der Waals surface area contributed by atoms with Gasteiger partial charge in [-0.25, -0.2) is 4.79 Å². The SMILES string of the molecule is CC(C)C[C@H]1CN2c3ccc([N+](=O)[O-])cc3CC3(C(=O)NC(=O)NC3=O)[C@@H]2CO1. The highest BCUT2D eigenvalue weighted by Crippen LogP contribution is 2.45. The third-order valence-corrected chi connectivity index (χ3v) is 5.89. The molecule has 0 bridgehead atoms. The van der Waals surface area contributed by atoms with Crippen molar-refractivity contribution < 1.29 is 24.0 Å². The first-order chi connectivity index (χ1) is 13.7. The minimum atomic E-state index is -1.60. The molecule has 3 aliphatic rings. The minimum Gasteiger partial charge on any atom is -0.374 e. The lowest BCUT2D eigenvalue weighted by molar-refractivity contribution is -0.384. The summed E-state index contributed by atoms with van der Waals surface area (Å²) in [6.07, 6.45) is 0.657. The number of non-ortho nitro benzene ring substituents is 1. The van der Waals surface area contributed by atoms with E-state index in [-0.39, 0.29) is 24.8 Å². The van der Waals surface area contributed by atoms with Gasteiger partial charge in [0.15, 0.2) is 5.41 Å². The first kappa shape index (κ1) is 19.3. The summed E-state index contributed by atoms with van der Waals surface area (Å²) in [5.41, 5.74) is -0.433. The number of nitro benzene ring substituents is 1. The second-order valence-electron chi connectivity index (χ2n) is 8.21. The van der Waals surface area contributed by atoms with E-state index in [0.717, 1.165) is 12.1 Å². The van der Waals surface area contributed by atoms with Crippen LogP contribution in [0.2, 0.25) is 0 Å². The van der Waals surface area contributed by atoms with Gasteiger partial charge in [-0.05, 0) is 24.0 Å². The van der Waals surface area contributed by atoms with Crippen LogP contribution >= 0.6 is 0 Å². The van der Waals surface area contributed by atoms with Crippen molar-refractivity contribution in [3.05, 3.63) is 33.9 Å². The Balaban J connectivity index is 1.81. The molecule has 154 valence electrons. The molecule has 0 saturated carbocycles. The molecule has 1 spiro atoms. The van der Waals surface area contributed by atoms with E-state index >= 15 is 0 Å². The van der Waals surface area contributed by atoms with Gasteiger partial charge in [-0.15, -0.1) is 0 Å². The van der Waals surface area contributed by atoms with Crippen molar-refractivity contribution in [3.8, 4) is 0 Å². The molecule has 0 aromatic heterocycles. The molecule has 2 fully saturated rings. The zero-order chi connectivity index (χ0) is 20.9. The quantitative estimate of drug-likeness (QED) is 0.440. The number of nitrogens with zero attached hydrogens (tertiary/aromatic N) is 2. The molecular formula is C19H22N4O6. The summed E-state index contributed by atoms with van der Waals surface area (Å²) in [4.78, 5) is 50.2. The van der Waals surface area contributed by atoms with Crippen molar-refractivity contribution >= 4 is 29.2 Å². The predicted molar refractivity (Wildman–Crippen MR) is 101 cm³/mol. The number of ether oxygens (including phenoxy) is 1. The molecule has 10 nitrogen and oxygen atoms in total. The second-order valence-corrected chi connectivity index (χ2v) is 8.21. The molecule has 0 aliphatic carbocycles.